The largest absolute Gasteiger partial charge is 0.494 e. The highest BCUT2D eigenvalue weighted by molar-refractivity contribution is 7.99. The fourth-order valence-corrected chi connectivity index (χ4v) is 2.26. The van der Waals surface area contributed by atoms with Crippen molar-refractivity contribution in [1.82, 2.24) is 0 Å². The van der Waals surface area contributed by atoms with Gasteiger partial charge < -0.3 is 10.5 Å². The van der Waals surface area contributed by atoms with Gasteiger partial charge in [-0.25, -0.2) is 0 Å². The van der Waals surface area contributed by atoms with Crippen LogP contribution in [-0.4, -0.2) is 6.61 Å². The average Bonchev–Trinajstić information content (AvgIpc) is 2.35. The summed E-state index contributed by atoms with van der Waals surface area (Å²) in [5, 5.41) is 0. The Kier molecular flexibility index (Phi) is 3.94. The zero-order valence-corrected chi connectivity index (χ0v) is 10.5. The van der Waals surface area contributed by atoms with Gasteiger partial charge in [-0.15, -0.1) is 0 Å². The Morgan fingerprint density at radius 1 is 0.941 bits per heavy atom. The first-order chi connectivity index (χ1) is 8.28. The number of anilines is 1. The molecular weight excluding hydrogens is 230 g/mol. The number of hydrogen-bond acceptors (Lipinski definition) is 3. The van der Waals surface area contributed by atoms with Crippen molar-refractivity contribution in [1.29, 1.82) is 0 Å². The summed E-state index contributed by atoms with van der Waals surface area (Å²) in [6, 6.07) is 16.0. The van der Waals surface area contributed by atoms with E-state index in [0.29, 0.717) is 6.61 Å². The molecule has 0 saturated carbocycles. The monoisotopic (exact) mass is 245 g/mol. The van der Waals surface area contributed by atoms with Crippen molar-refractivity contribution in [3.05, 3.63) is 48.5 Å². The predicted octanol–water partition coefficient (Wildman–Crippen LogP) is 3.82. The minimum absolute atomic E-state index is 0.699. The maximum absolute atomic E-state index is 5.65. The molecule has 0 aliphatic heterocycles. The first kappa shape index (κ1) is 11.9. The van der Waals surface area contributed by atoms with Gasteiger partial charge in [0.15, 0.2) is 0 Å². The molecule has 2 rings (SSSR count). The van der Waals surface area contributed by atoms with Crippen molar-refractivity contribution in [2.45, 2.75) is 16.7 Å². The Labute approximate surface area is 106 Å². The van der Waals surface area contributed by atoms with Gasteiger partial charge in [0.25, 0.3) is 0 Å². The Morgan fingerprint density at radius 2 is 1.47 bits per heavy atom. The summed E-state index contributed by atoms with van der Waals surface area (Å²) in [7, 11) is 0. The molecule has 0 unspecified atom stereocenters. The maximum atomic E-state index is 5.65. The van der Waals surface area contributed by atoms with Crippen LogP contribution in [-0.2, 0) is 0 Å². The van der Waals surface area contributed by atoms with E-state index in [4.69, 9.17) is 10.5 Å². The second-order valence-electron chi connectivity index (χ2n) is 3.58. The molecule has 2 nitrogen and oxygen atoms in total. The van der Waals surface area contributed by atoms with Gasteiger partial charge in [0, 0.05) is 15.5 Å². The van der Waals surface area contributed by atoms with Crippen LogP contribution in [0.3, 0.4) is 0 Å². The molecule has 2 aromatic rings. The summed E-state index contributed by atoms with van der Waals surface area (Å²) in [6.07, 6.45) is 0. The number of benzene rings is 2. The summed E-state index contributed by atoms with van der Waals surface area (Å²) in [6.45, 7) is 2.68. The molecule has 0 heterocycles. The number of nitrogen functional groups attached to an aromatic ring is 1. The minimum atomic E-state index is 0.699. The number of rotatable bonds is 4. The van der Waals surface area contributed by atoms with Crippen molar-refractivity contribution in [3.63, 3.8) is 0 Å². The topological polar surface area (TPSA) is 35.2 Å². The normalized spacial score (nSPS) is 10.2. The summed E-state index contributed by atoms with van der Waals surface area (Å²) >= 11 is 1.71. The predicted molar refractivity (Wildman–Crippen MR) is 72.6 cm³/mol. The fraction of sp³-hybridized carbons (Fsp3) is 0.143. The van der Waals surface area contributed by atoms with Crippen LogP contribution >= 0.6 is 11.8 Å². The van der Waals surface area contributed by atoms with E-state index in [1.54, 1.807) is 11.8 Å². The van der Waals surface area contributed by atoms with Crippen LogP contribution in [0.5, 0.6) is 5.75 Å². The molecule has 0 radical (unpaired) electrons. The smallest absolute Gasteiger partial charge is 0.119 e. The molecule has 88 valence electrons. The van der Waals surface area contributed by atoms with Gasteiger partial charge in [0.2, 0.25) is 0 Å². The Hall–Kier alpha value is -1.61. The second kappa shape index (κ2) is 5.64. The van der Waals surface area contributed by atoms with Crippen LogP contribution in [0.25, 0.3) is 0 Å². The lowest BCUT2D eigenvalue weighted by Gasteiger charge is -2.05. The van der Waals surface area contributed by atoms with E-state index in [1.807, 2.05) is 43.3 Å². The maximum Gasteiger partial charge on any atom is 0.119 e. The highest BCUT2D eigenvalue weighted by atomic mass is 32.2. The lowest BCUT2D eigenvalue weighted by Crippen LogP contribution is -1.90. The second-order valence-corrected chi connectivity index (χ2v) is 4.72. The van der Waals surface area contributed by atoms with Gasteiger partial charge >= 0.3 is 0 Å². The minimum Gasteiger partial charge on any atom is -0.494 e. The van der Waals surface area contributed by atoms with E-state index in [1.165, 1.54) is 9.79 Å². The van der Waals surface area contributed by atoms with Crippen molar-refractivity contribution >= 4 is 17.4 Å². The Balaban J connectivity index is 2.05. The van der Waals surface area contributed by atoms with E-state index in [2.05, 4.69) is 12.1 Å². The van der Waals surface area contributed by atoms with Gasteiger partial charge in [0.1, 0.15) is 5.75 Å². The van der Waals surface area contributed by atoms with Crippen molar-refractivity contribution in [3.8, 4) is 5.75 Å². The zero-order valence-electron chi connectivity index (χ0n) is 9.72. The van der Waals surface area contributed by atoms with E-state index >= 15 is 0 Å². The van der Waals surface area contributed by atoms with Crippen LogP contribution < -0.4 is 10.5 Å². The first-order valence-electron chi connectivity index (χ1n) is 5.54. The van der Waals surface area contributed by atoms with Crippen LogP contribution in [0.1, 0.15) is 6.92 Å². The van der Waals surface area contributed by atoms with Gasteiger partial charge in [-0.05, 0) is 55.5 Å². The summed E-state index contributed by atoms with van der Waals surface area (Å²) in [5.74, 6) is 0.911. The molecule has 2 N–H and O–H groups in total. The molecule has 0 atom stereocenters. The Bertz CT molecular complexity index is 465. The lowest BCUT2D eigenvalue weighted by molar-refractivity contribution is 0.340. The summed E-state index contributed by atoms with van der Waals surface area (Å²) in [5.41, 5.74) is 6.44. The molecule has 0 aliphatic rings. The van der Waals surface area contributed by atoms with Gasteiger partial charge in [-0.2, -0.15) is 0 Å². The van der Waals surface area contributed by atoms with Crippen molar-refractivity contribution < 1.29 is 4.74 Å². The molecule has 0 spiro atoms. The van der Waals surface area contributed by atoms with Gasteiger partial charge in [0.05, 0.1) is 6.61 Å². The molecule has 17 heavy (non-hydrogen) atoms. The highest BCUT2D eigenvalue weighted by Crippen LogP contribution is 2.29. The van der Waals surface area contributed by atoms with Crippen molar-refractivity contribution in [2.75, 3.05) is 12.3 Å². The molecule has 0 saturated heterocycles. The van der Waals surface area contributed by atoms with E-state index in [-0.39, 0.29) is 0 Å². The van der Waals surface area contributed by atoms with E-state index in [0.717, 1.165) is 11.4 Å². The number of nitrogens with two attached hydrogens (primary N) is 1. The molecule has 0 bridgehead atoms. The quantitative estimate of drug-likeness (QED) is 0.832. The lowest BCUT2D eigenvalue weighted by atomic mass is 10.3. The third-order valence-electron chi connectivity index (χ3n) is 2.25. The number of hydrogen-bond donors (Lipinski definition) is 1. The summed E-state index contributed by atoms with van der Waals surface area (Å²) < 4.78 is 5.40. The van der Waals surface area contributed by atoms with Crippen LogP contribution in [0, 0.1) is 0 Å². The van der Waals surface area contributed by atoms with Crippen LogP contribution in [0.15, 0.2) is 58.3 Å². The standard InChI is InChI=1S/C14H15NOS/c1-2-16-12-5-9-14(10-6-12)17-13-7-3-11(15)4-8-13/h3-10H,2,15H2,1H3. The third-order valence-corrected chi connectivity index (χ3v) is 3.27. The van der Waals surface area contributed by atoms with Crippen molar-refractivity contribution in [2.24, 2.45) is 0 Å². The van der Waals surface area contributed by atoms with Gasteiger partial charge in [-0.3, -0.25) is 0 Å². The van der Waals surface area contributed by atoms with Crippen LogP contribution in [0.2, 0.25) is 0 Å². The SMILES string of the molecule is CCOc1ccc(Sc2ccc(N)cc2)cc1. The molecule has 0 fully saturated rings. The summed E-state index contributed by atoms with van der Waals surface area (Å²) in [4.78, 5) is 2.38. The Morgan fingerprint density at radius 3 is 2.00 bits per heavy atom. The van der Waals surface area contributed by atoms with E-state index < -0.39 is 0 Å². The molecule has 2 aromatic carbocycles. The van der Waals surface area contributed by atoms with Crippen LogP contribution in [0.4, 0.5) is 5.69 Å². The average molecular weight is 245 g/mol. The molecular formula is C14H15NOS. The number of ether oxygens (including phenoxy) is 1. The molecule has 0 aliphatic carbocycles. The third kappa shape index (κ3) is 3.43. The van der Waals surface area contributed by atoms with E-state index in [9.17, 15) is 0 Å². The fourth-order valence-electron chi connectivity index (χ4n) is 1.44. The first-order valence-corrected chi connectivity index (χ1v) is 6.36. The molecule has 0 aromatic heterocycles. The molecule has 0 amide bonds. The highest BCUT2D eigenvalue weighted by Gasteiger charge is 1.98. The molecule has 3 heteroatoms. The van der Waals surface area contributed by atoms with Gasteiger partial charge in [-0.1, -0.05) is 11.8 Å². The zero-order chi connectivity index (χ0) is 12.1.